The van der Waals surface area contributed by atoms with Crippen molar-refractivity contribution in [2.45, 2.75) is 50.7 Å². The topological polar surface area (TPSA) is 66.5 Å². The predicted molar refractivity (Wildman–Crippen MR) is 52.3 cm³/mol. The molecule has 1 rings (SSSR count). The van der Waals surface area contributed by atoms with E-state index in [2.05, 4.69) is 0 Å². The first kappa shape index (κ1) is 11.0. The maximum absolute atomic E-state index is 9.58. The van der Waals surface area contributed by atoms with Gasteiger partial charge in [0.05, 0.1) is 18.8 Å². The van der Waals surface area contributed by atoms with Gasteiger partial charge in [0.1, 0.15) is 0 Å². The molecule has 1 saturated carbocycles. The van der Waals surface area contributed by atoms with Gasteiger partial charge in [-0.3, -0.25) is 0 Å². The summed E-state index contributed by atoms with van der Waals surface area (Å²) in [5, 5.41) is 18.3. The van der Waals surface area contributed by atoms with Crippen molar-refractivity contribution in [3.05, 3.63) is 0 Å². The zero-order valence-corrected chi connectivity index (χ0v) is 8.15. The SMILES string of the molecule is NC(CO)C(O)CC1CCCCC1. The van der Waals surface area contributed by atoms with E-state index in [1.54, 1.807) is 0 Å². The molecular formula is C10H21NO2. The molecule has 1 aliphatic carbocycles. The summed E-state index contributed by atoms with van der Waals surface area (Å²) in [6, 6.07) is -0.457. The molecule has 3 nitrogen and oxygen atoms in total. The van der Waals surface area contributed by atoms with Crippen LogP contribution in [0.4, 0.5) is 0 Å². The first-order chi connectivity index (χ1) is 6.24. The van der Waals surface area contributed by atoms with Crippen LogP contribution in [0, 0.1) is 5.92 Å². The molecule has 0 radical (unpaired) electrons. The molecule has 1 aliphatic rings. The normalized spacial score (nSPS) is 24.2. The standard InChI is InChI=1S/C10H21NO2/c11-9(7-12)10(13)6-8-4-2-1-3-5-8/h8-10,12-13H,1-7,11H2. The van der Waals surface area contributed by atoms with Gasteiger partial charge in [0, 0.05) is 0 Å². The Hall–Kier alpha value is -0.120. The van der Waals surface area contributed by atoms with Gasteiger partial charge in [-0.2, -0.15) is 0 Å². The van der Waals surface area contributed by atoms with Gasteiger partial charge in [-0.05, 0) is 12.3 Å². The smallest absolute Gasteiger partial charge is 0.0716 e. The lowest BCUT2D eigenvalue weighted by Gasteiger charge is -2.26. The minimum Gasteiger partial charge on any atom is -0.395 e. The average Bonchev–Trinajstić information content (AvgIpc) is 2.18. The number of hydrogen-bond acceptors (Lipinski definition) is 3. The third-order valence-electron chi connectivity index (χ3n) is 3.00. The number of nitrogens with two attached hydrogens (primary N) is 1. The lowest BCUT2D eigenvalue weighted by molar-refractivity contribution is 0.0798. The maximum atomic E-state index is 9.58. The maximum Gasteiger partial charge on any atom is 0.0716 e. The molecule has 2 atom stereocenters. The van der Waals surface area contributed by atoms with E-state index in [1.807, 2.05) is 0 Å². The van der Waals surface area contributed by atoms with Crippen LogP contribution < -0.4 is 5.73 Å². The highest BCUT2D eigenvalue weighted by Crippen LogP contribution is 2.27. The van der Waals surface area contributed by atoms with E-state index >= 15 is 0 Å². The zero-order chi connectivity index (χ0) is 9.68. The van der Waals surface area contributed by atoms with Crippen molar-refractivity contribution in [1.82, 2.24) is 0 Å². The molecule has 0 spiro atoms. The van der Waals surface area contributed by atoms with Crippen molar-refractivity contribution in [1.29, 1.82) is 0 Å². The van der Waals surface area contributed by atoms with Crippen molar-refractivity contribution in [3.8, 4) is 0 Å². The fourth-order valence-corrected chi connectivity index (χ4v) is 2.06. The van der Waals surface area contributed by atoms with Crippen molar-refractivity contribution < 1.29 is 10.2 Å². The van der Waals surface area contributed by atoms with Crippen molar-refractivity contribution >= 4 is 0 Å². The Labute approximate surface area is 79.9 Å². The van der Waals surface area contributed by atoms with E-state index < -0.39 is 12.1 Å². The second kappa shape index (κ2) is 5.58. The number of aliphatic hydroxyl groups is 2. The average molecular weight is 187 g/mol. The molecule has 1 fully saturated rings. The Kier molecular flexibility index (Phi) is 4.70. The molecule has 3 heteroatoms. The van der Waals surface area contributed by atoms with Gasteiger partial charge in [0.15, 0.2) is 0 Å². The Balaban J connectivity index is 2.21. The highest BCUT2D eigenvalue weighted by molar-refractivity contribution is 4.76. The summed E-state index contributed by atoms with van der Waals surface area (Å²) >= 11 is 0. The van der Waals surface area contributed by atoms with Crippen molar-refractivity contribution in [2.24, 2.45) is 11.7 Å². The molecule has 0 aromatic heterocycles. The minimum absolute atomic E-state index is 0.117. The molecular weight excluding hydrogens is 166 g/mol. The second-order valence-electron chi connectivity index (χ2n) is 4.15. The molecule has 0 aromatic carbocycles. The summed E-state index contributed by atoms with van der Waals surface area (Å²) in [6.07, 6.45) is 6.58. The first-order valence-corrected chi connectivity index (χ1v) is 5.28. The molecule has 4 N–H and O–H groups in total. The Morgan fingerprint density at radius 1 is 1.23 bits per heavy atom. The lowest BCUT2D eigenvalue weighted by Crippen LogP contribution is -2.39. The van der Waals surface area contributed by atoms with Crippen LogP contribution in [-0.2, 0) is 0 Å². The van der Waals surface area contributed by atoms with Crippen LogP contribution in [0.2, 0.25) is 0 Å². The Morgan fingerprint density at radius 3 is 2.38 bits per heavy atom. The Bertz CT molecular complexity index is 135. The van der Waals surface area contributed by atoms with Crippen LogP contribution in [0.5, 0.6) is 0 Å². The van der Waals surface area contributed by atoms with E-state index in [9.17, 15) is 5.11 Å². The Morgan fingerprint density at radius 2 is 1.85 bits per heavy atom. The third-order valence-corrected chi connectivity index (χ3v) is 3.00. The van der Waals surface area contributed by atoms with E-state index in [0.29, 0.717) is 5.92 Å². The largest absolute Gasteiger partial charge is 0.395 e. The van der Waals surface area contributed by atoms with Gasteiger partial charge in [-0.1, -0.05) is 32.1 Å². The van der Waals surface area contributed by atoms with E-state index in [-0.39, 0.29) is 6.61 Å². The minimum atomic E-state index is -0.520. The lowest BCUT2D eigenvalue weighted by atomic mass is 9.84. The third kappa shape index (κ3) is 3.63. The molecule has 0 bridgehead atoms. The summed E-state index contributed by atoms with van der Waals surface area (Å²) in [4.78, 5) is 0. The van der Waals surface area contributed by atoms with Gasteiger partial charge in [0.2, 0.25) is 0 Å². The number of aliphatic hydroxyl groups excluding tert-OH is 2. The van der Waals surface area contributed by atoms with Crippen molar-refractivity contribution in [2.75, 3.05) is 6.61 Å². The van der Waals surface area contributed by atoms with Crippen LogP contribution >= 0.6 is 0 Å². The molecule has 2 unspecified atom stereocenters. The van der Waals surface area contributed by atoms with E-state index in [4.69, 9.17) is 10.8 Å². The monoisotopic (exact) mass is 187 g/mol. The van der Waals surface area contributed by atoms with E-state index in [1.165, 1.54) is 32.1 Å². The highest BCUT2D eigenvalue weighted by Gasteiger charge is 2.20. The van der Waals surface area contributed by atoms with Gasteiger partial charge >= 0.3 is 0 Å². The van der Waals surface area contributed by atoms with Gasteiger partial charge in [-0.15, -0.1) is 0 Å². The van der Waals surface area contributed by atoms with Gasteiger partial charge < -0.3 is 15.9 Å². The number of rotatable bonds is 4. The second-order valence-corrected chi connectivity index (χ2v) is 4.15. The predicted octanol–water partition coefficient (Wildman–Crippen LogP) is 0.637. The summed E-state index contributed by atoms with van der Waals surface area (Å²) < 4.78 is 0. The molecule has 0 aliphatic heterocycles. The quantitative estimate of drug-likeness (QED) is 0.605. The molecule has 0 heterocycles. The summed E-state index contributed by atoms with van der Waals surface area (Å²) in [5.74, 6) is 0.626. The van der Waals surface area contributed by atoms with E-state index in [0.717, 1.165) is 6.42 Å². The summed E-state index contributed by atoms with van der Waals surface area (Å²) in [6.45, 7) is -0.117. The first-order valence-electron chi connectivity index (χ1n) is 5.28. The fourth-order valence-electron chi connectivity index (χ4n) is 2.06. The van der Waals surface area contributed by atoms with Crippen LogP contribution in [0.1, 0.15) is 38.5 Å². The molecule has 78 valence electrons. The zero-order valence-electron chi connectivity index (χ0n) is 8.15. The molecule has 13 heavy (non-hydrogen) atoms. The van der Waals surface area contributed by atoms with Crippen molar-refractivity contribution in [3.63, 3.8) is 0 Å². The highest BCUT2D eigenvalue weighted by atomic mass is 16.3. The van der Waals surface area contributed by atoms with Crippen LogP contribution in [0.15, 0.2) is 0 Å². The molecule has 0 amide bonds. The molecule has 0 saturated heterocycles. The van der Waals surface area contributed by atoms with Crippen LogP contribution in [0.25, 0.3) is 0 Å². The summed E-state index contributed by atoms with van der Waals surface area (Å²) in [5.41, 5.74) is 5.53. The molecule has 0 aromatic rings. The number of hydrogen-bond donors (Lipinski definition) is 3. The fraction of sp³-hybridized carbons (Fsp3) is 1.00. The van der Waals surface area contributed by atoms with Gasteiger partial charge in [0.25, 0.3) is 0 Å². The summed E-state index contributed by atoms with van der Waals surface area (Å²) in [7, 11) is 0. The van der Waals surface area contributed by atoms with Crippen LogP contribution in [-0.4, -0.2) is 29.0 Å². The van der Waals surface area contributed by atoms with Crippen LogP contribution in [0.3, 0.4) is 0 Å². The van der Waals surface area contributed by atoms with Gasteiger partial charge in [-0.25, -0.2) is 0 Å².